The highest BCUT2D eigenvalue weighted by Gasteiger charge is 2.14. The number of imidazole rings is 1. The molecule has 5 heteroatoms. The van der Waals surface area contributed by atoms with E-state index in [4.69, 9.17) is 9.40 Å². The van der Waals surface area contributed by atoms with Crippen molar-refractivity contribution in [3.05, 3.63) is 72.3 Å². The second kappa shape index (κ2) is 5.77. The van der Waals surface area contributed by atoms with Crippen LogP contribution in [0.2, 0.25) is 0 Å². The van der Waals surface area contributed by atoms with Crippen LogP contribution in [0.1, 0.15) is 11.3 Å². The first-order valence-electron chi connectivity index (χ1n) is 7.75. The molecule has 0 amide bonds. The number of aromatic nitrogens is 2. The summed E-state index contributed by atoms with van der Waals surface area (Å²) in [5.74, 6) is 1.99. The number of aromatic hydroxyl groups is 1. The van der Waals surface area contributed by atoms with Crippen molar-refractivity contribution in [1.29, 1.82) is 0 Å². The van der Waals surface area contributed by atoms with E-state index < -0.39 is 0 Å². The number of pyridine rings is 1. The van der Waals surface area contributed by atoms with Gasteiger partial charge in [-0.15, -0.1) is 0 Å². The molecule has 1 aromatic carbocycles. The first-order chi connectivity index (χ1) is 11.7. The largest absolute Gasteiger partial charge is 0.508 e. The number of hydrogen-bond donors (Lipinski definition) is 2. The summed E-state index contributed by atoms with van der Waals surface area (Å²) >= 11 is 0. The van der Waals surface area contributed by atoms with E-state index in [0.29, 0.717) is 6.54 Å². The van der Waals surface area contributed by atoms with Crippen molar-refractivity contribution in [3.8, 4) is 17.0 Å². The highest BCUT2D eigenvalue weighted by atomic mass is 16.3. The molecular formula is C19H17N3O2. The van der Waals surface area contributed by atoms with Crippen molar-refractivity contribution in [2.75, 3.05) is 5.32 Å². The molecule has 0 bridgehead atoms. The van der Waals surface area contributed by atoms with Crippen LogP contribution in [0.4, 0.5) is 5.82 Å². The monoisotopic (exact) mass is 319 g/mol. The van der Waals surface area contributed by atoms with Crippen LogP contribution in [-0.4, -0.2) is 14.5 Å². The van der Waals surface area contributed by atoms with E-state index in [1.807, 2.05) is 53.9 Å². The van der Waals surface area contributed by atoms with Gasteiger partial charge in [-0.05, 0) is 61.0 Å². The molecule has 0 spiro atoms. The Morgan fingerprint density at radius 3 is 2.75 bits per heavy atom. The summed E-state index contributed by atoms with van der Waals surface area (Å²) < 4.78 is 7.42. The maximum absolute atomic E-state index is 9.52. The zero-order chi connectivity index (χ0) is 16.5. The van der Waals surface area contributed by atoms with Crippen LogP contribution in [0.25, 0.3) is 16.9 Å². The van der Waals surface area contributed by atoms with Crippen LogP contribution in [0.15, 0.2) is 65.4 Å². The van der Waals surface area contributed by atoms with Gasteiger partial charge in [0.2, 0.25) is 0 Å². The van der Waals surface area contributed by atoms with Gasteiger partial charge in [-0.2, -0.15) is 0 Å². The quantitative estimate of drug-likeness (QED) is 0.591. The lowest BCUT2D eigenvalue weighted by Gasteiger charge is -2.08. The molecule has 2 N–H and O–H groups in total. The number of nitrogens with one attached hydrogen (secondary N) is 1. The summed E-state index contributed by atoms with van der Waals surface area (Å²) in [6, 6.07) is 15.0. The molecule has 4 rings (SSSR count). The standard InChI is InChI=1S/C19H17N3O2/c1-13-8-9-22-17(11-13)21-18(14-4-6-15(23)7-5-14)19(22)20-12-16-3-2-10-24-16/h2-11,20,23H,12H2,1H3. The van der Waals surface area contributed by atoms with E-state index in [1.165, 1.54) is 0 Å². The topological polar surface area (TPSA) is 62.7 Å². The highest BCUT2D eigenvalue weighted by molar-refractivity contribution is 5.77. The number of phenolic OH excluding ortho intramolecular Hbond substituents is 1. The van der Waals surface area contributed by atoms with Crippen molar-refractivity contribution in [3.63, 3.8) is 0 Å². The summed E-state index contributed by atoms with van der Waals surface area (Å²) in [5.41, 5.74) is 3.81. The summed E-state index contributed by atoms with van der Waals surface area (Å²) in [5, 5.41) is 12.9. The van der Waals surface area contributed by atoms with Gasteiger partial charge in [0.25, 0.3) is 0 Å². The average Bonchev–Trinajstić information content (AvgIpc) is 3.20. The molecule has 4 aromatic rings. The van der Waals surface area contributed by atoms with Crippen molar-refractivity contribution in [1.82, 2.24) is 9.38 Å². The van der Waals surface area contributed by atoms with Gasteiger partial charge in [0.15, 0.2) is 0 Å². The Morgan fingerprint density at radius 1 is 1.17 bits per heavy atom. The molecule has 0 radical (unpaired) electrons. The molecule has 0 aliphatic rings. The van der Waals surface area contributed by atoms with Crippen molar-refractivity contribution >= 4 is 11.5 Å². The van der Waals surface area contributed by atoms with Crippen LogP contribution in [-0.2, 0) is 6.54 Å². The third-order valence-electron chi connectivity index (χ3n) is 3.93. The second-order valence-electron chi connectivity index (χ2n) is 5.72. The second-order valence-corrected chi connectivity index (χ2v) is 5.72. The van der Waals surface area contributed by atoms with Crippen molar-refractivity contribution < 1.29 is 9.52 Å². The molecule has 0 aliphatic carbocycles. The van der Waals surface area contributed by atoms with Gasteiger partial charge >= 0.3 is 0 Å². The van der Waals surface area contributed by atoms with E-state index in [0.717, 1.165) is 34.0 Å². The molecule has 120 valence electrons. The number of rotatable bonds is 4. The van der Waals surface area contributed by atoms with Crippen molar-refractivity contribution in [2.45, 2.75) is 13.5 Å². The Labute approximate surface area is 139 Å². The number of aryl methyl sites for hydroxylation is 1. The summed E-state index contributed by atoms with van der Waals surface area (Å²) in [7, 11) is 0. The SMILES string of the molecule is Cc1ccn2c(NCc3ccco3)c(-c3ccc(O)cc3)nc2c1. The minimum absolute atomic E-state index is 0.239. The molecular weight excluding hydrogens is 302 g/mol. The molecule has 3 heterocycles. The Balaban J connectivity index is 1.81. The maximum Gasteiger partial charge on any atom is 0.139 e. The minimum Gasteiger partial charge on any atom is -0.508 e. The van der Waals surface area contributed by atoms with Gasteiger partial charge < -0.3 is 14.8 Å². The Kier molecular flexibility index (Phi) is 3.46. The Morgan fingerprint density at radius 2 is 2.00 bits per heavy atom. The lowest BCUT2D eigenvalue weighted by atomic mass is 10.1. The van der Waals surface area contributed by atoms with Crippen LogP contribution < -0.4 is 5.32 Å². The van der Waals surface area contributed by atoms with Crippen molar-refractivity contribution in [2.24, 2.45) is 0 Å². The fourth-order valence-electron chi connectivity index (χ4n) is 2.72. The lowest BCUT2D eigenvalue weighted by molar-refractivity contribution is 0.475. The van der Waals surface area contributed by atoms with E-state index in [9.17, 15) is 5.11 Å². The molecule has 24 heavy (non-hydrogen) atoms. The number of furan rings is 1. The number of phenols is 1. The fourth-order valence-corrected chi connectivity index (χ4v) is 2.72. The third kappa shape index (κ3) is 2.60. The van der Waals surface area contributed by atoms with Gasteiger partial charge in [-0.25, -0.2) is 4.98 Å². The van der Waals surface area contributed by atoms with Crippen LogP contribution in [0, 0.1) is 6.92 Å². The third-order valence-corrected chi connectivity index (χ3v) is 3.93. The normalized spacial score (nSPS) is 11.0. The highest BCUT2D eigenvalue weighted by Crippen LogP contribution is 2.30. The van der Waals surface area contributed by atoms with Gasteiger partial charge in [0.1, 0.15) is 28.7 Å². The van der Waals surface area contributed by atoms with Crippen LogP contribution in [0.3, 0.4) is 0 Å². The van der Waals surface area contributed by atoms with E-state index in [-0.39, 0.29) is 5.75 Å². The smallest absolute Gasteiger partial charge is 0.139 e. The summed E-state index contributed by atoms with van der Waals surface area (Å²) in [6.45, 7) is 2.62. The first kappa shape index (κ1) is 14.4. The summed E-state index contributed by atoms with van der Waals surface area (Å²) in [4.78, 5) is 4.76. The lowest BCUT2D eigenvalue weighted by Crippen LogP contribution is -2.02. The number of hydrogen-bond acceptors (Lipinski definition) is 4. The molecule has 5 nitrogen and oxygen atoms in total. The predicted octanol–water partition coefficient (Wildman–Crippen LogP) is 4.22. The van der Waals surface area contributed by atoms with Gasteiger partial charge in [0.05, 0.1) is 12.8 Å². The van der Waals surface area contributed by atoms with Gasteiger partial charge in [-0.1, -0.05) is 0 Å². The van der Waals surface area contributed by atoms with E-state index >= 15 is 0 Å². The van der Waals surface area contributed by atoms with E-state index in [1.54, 1.807) is 18.4 Å². The zero-order valence-corrected chi connectivity index (χ0v) is 13.2. The Bertz CT molecular complexity index is 970. The molecule has 0 atom stereocenters. The van der Waals surface area contributed by atoms with Crippen LogP contribution in [0.5, 0.6) is 5.75 Å². The van der Waals surface area contributed by atoms with Gasteiger partial charge in [-0.3, -0.25) is 4.40 Å². The fraction of sp³-hybridized carbons (Fsp3) is 0.105. The van der Waals surface area contributed by atoms with Gasteiger partial charge in [0, 0.05) is 11.8 Å². The first-order valence-corrected chi connectivity index (χ1v) is 7.75. The molecule has 3 aromatic heterocycles. The van der Waals surface area contributed by atoms with Crippen LogP contribution >= 0.6 is 0 Å². The average molecular weight is 319 g/mol. The number of benzene rings is 1. The molecule has 0 saturated carbocycles. The molecule has 0 aliphatic heterocycles. The number of fused-ring (bicyclic) bond motifs is 1. The molecule has 0 unspecified atom stereocenters. The molecule has 0 saturated heterocycles. The zero-order valence-electron chi connectivity index (χ0n) is 13.2. The number of anilines is 1. The number of nitrogens with zero attached hydrogens (tertiary/aromatic N) is 2. The molecule has 0 fully saturated rings. The maximum atomic E-state index is 9.52. The summed E-state index contributed by atoms with van der Waals surface area (Å²) in [6.07, 6.45) is 3.67. The predicted molar refractivity (Wildman–Crippen MR) is 93.1 cm³/mol. The minimum atomic E-state index is 0.239. The van der Waals surface area contributed by atoms with E-state index in [2.05, 4.69) is 5.32 Å². The Hall–Kier alpha value is -3.21.